The molecule has 1 N–H and O–H groups in total. The summed E-state index contributed by atoms with van der Waals surface area (Å²) in [6.07, 6.45) is 0. The lowest BCUT2D eigenvalue weighted by Gasteiger charge is -2.20. The lowest BCUT2D eigenvalue weighted by Crippen LogP contribution is -2.23. The summed E-state index contributed by atoms with van der Waals surface area (Å²) >= 11 is 5.99. The lowest BCUT2D eigenvalue weighted by molar-refractivity contribution is -0.385. The maximum absolute atomic E-state index is 11.1. The molecule has 0 radical (unpaired) electrons. The van der Waals surface area contributed by atoms with E-state index >= 15 is 0 Å². The van der Waals surface area contributed by atoms with E-state index < -0.39 is 0 Å². The minimum Gasteiger partial charge on any atom is -0.303 e. The molecule has 0 fully saturated rings. The Morgan fingerprint density at radius 1 is 1.10 bits per heavy atom. The van der Waals surface area contributed by atoms with Crippen LogP contribution in [0.2, 0.25) is 5.02 Å². The number of rotatable bonds is 5. The summed E-state index contributed by atoms with van der Waals surface area (Å²) < 4.78 is 0. The lowest BCUT2D eigenvalue weighted by atomic mass is 10.0. The standard InChI is InChI=1S/C16H17ClN2O2/c1-11(13-6-5-7-14(17)10-13)18-12(2)15-8-3-4-9-16(15)19(20)21/h3-12,18H,1-2H3. The number of benzene rings is 2. The molecule has 0 saturated carbocycles. The van der Waals surface area contributed by atoms with Crippen LogP contribution >= 0.6 is 11.6 Å². The van der Waals surface area contributed by atoms with Crippen molar-refractivity contribution in [1.82, 2.24) is 5.32 Å². The monoisotopic (exact) mass is 304 g/mol. The van der Waals surface area contributed by atoms with Gasteiger partial charge in [0.2, 0.25) is 0 Å². The van der Waals surface area contributed by atoms with Gasteiger partial charge in [0.05, 0.1) is 4.92 Å². The maximum Gasteiger partial charge on any atom is 0.274 e. The van der Waals surface area contributed by atoms with Gasteiger partial charge in [-0.1, -0.05) is 41.9 Å². The number of hydrogen-bond donors (Lipinski definition) is 1. The van der Waals surface area contributed by atoms with Crippen LogP contribution in [0.25, 0.3) is 0 Å². The summed E-state index contributed by atoms with van der Waals surface area (Å²) in [4.78, 5) is 10.7. The molecule has 0 saturated heterocycles. The predicted molar refractivity (Wildman–Crippen MR) is 84.5 cm³/mol. The Labute approximate surface area is 128 Å². The van der Waals surface area contributed by atoms with Gasteiger partial charge in [0, 0.05) is 28.7 Å². The van der Waals surface area contributed by atoms with Crippen molar-refractivity contribution in [3.8, 4) is 0 Å². The Kier molecular flexibility index (Phi) is 4.94. The molecule has 0 amide bonds. The summed E-state index contributed by atoms with van der Waals surface area (Å²) in [5.74, 6) is 0. The van der Waals surface area contributed by atoms with E-state index in [1.54, 1.807) is 12.1 Å². The highest BCUT2D eigenvalue weighted by Gasteiger charge is 2.19. The molecule has 2 aromatic carbocycles. The third-order valence-corrected chi connectivity index (χ3v) is 3.68. The summed E-state index contributed by atoms with van der Waals surface area (Å²) in [6, 6.07) is 14.3. The molecule has 0 heterocycles. The average Bonchev–Trinajstić information content (AvgIpc) is 2.47. The molecule has 0 spiro atoms. The van der Waals surface area contributed by atoms with Crippen LogP contribution < -0.4 is 5.32 Å². The first kappa shape index (κ1) is 15.5. The Hall–Kier alpha value is -1.91. The van der Waals surface area contributed by atoms with Crippen LogP contribution in [0.5, 0.6) is 0 Å². The van der Waals surface area contributed by atoms with Crippen molar-refractivity contribution in [2.75, 3.05) is 0 Å². The van der Waals surface area contributed by atoms with E-state index in [-0.39, 0.29) is 22.7 Å². The molecule has 2 rings (SSSR count). The van der Waals surface area contributed by atoms with Gasteiger partial charge in [0.15, 0.2) is 0 Å². The largest absolute Gasteiger partial charge is 0.303 e. The second-order valence-electron chi connectivity index (χ2n) is 4.98. The highest BCUT2D eigenvalue weighted by atomic mass is 35.5. The first-order chi connectivity index (χ1) is 9.99. The van der Waals surface area contributed by atoms with Gasteiger partial charge in [-0.25, -0.2) is 0 Å². The van der Waals surface area contributed by atoms with Crippen LogP contribution in [0.1, 0.15) is 37.1 Å². The van der Waals surface area contributed by atoms with E-state index in [1.165, 1.54) is 6.07 Å². The van der Waals surface area contributed by atoms with E-state index in [0.717, 1.165) is 5.56 Å². The zero-order valence-electron chi connectivity index (χ0n) is 11.9. The van der Waals surface area contributed by atoms with Crippen LogP contribution in [0, 0.1) is 10.1 Å². The predicted octanol–water partition coefficient (Wildman–Crippen LogP) is 4.66. The van der Waals surface area contributed by atoms with Crippen molar-refractivity contribution >= 4 is 17.3 Å². The zero-order valence-corrected chi connectivity index (χ0v) is 12.7. The average molecular weight is 305 g/mol. The van der Waals surface area contributed by atoms with Crippen LogP contribution in [-0.2, 0) is 0 Å². The molecule has 0 aliphatic carbocycles. The Bertz CT molecular complexity index is 646. The Morgan fingerprint density at radius 2 is 1.81 bits per heavy atom. The van der Waals surface area contributed by atoms with E-state index in [2.05, 4.69) is 5.32 Å². The second-order valence-corrected chi connectivity index (χ2v) is 5.42. The van der Waals surface area contributed by atoms with Crippen LogP contribution in [0.15, 0.2) is 48.5 Å². The summed E-state index contributed by atoms with van der Waals surface area (Å²) in [5, 5.41) is 15.1. The number of hydrogen-bond acceptors (Lipinski definition) is 3. The molecule has 5 heteroatoms. The van der Waals surface area contributed by atoms with E-state index in [0.29, 0.717) is 10.6 Å². The fourth-order valence-electron chi connectivity index (χ4n) is 2.36. The number of nitrogens with zero attached hydrogens (tertiary/aromatic N) is 1. The molecule has 110 valence electrons. The Morgan fingerprint density at radius 3 is 2.48 bits per heavy atom. The highest BCUT2D eigenvalue weighted by Crippen LogP contribution is 2.27. The fraction of sp³-hybridized carbons (Fsp3) is 0.250. The number of nitro groups is 1. The van der Waals surface area contributed by atoms with Crippen molar-refractivity contribution in [3.05, 3.63) is 74.8 Å². The molecule has 0 aliphatic heterocycles. The van der Waals surface area contributed by atoms with Crippen molar-refractivity contribution < 1.29 is 4.92 Å². The number of halogens is 1. The van der Waals surface area contributed by atoms with Gasteiger partial charge in [-0.05, 0) is 31.5 Å². The normalized spacial score (nSPS) is 13.7. The van der Waals surface area contributed by atoms with Crippen molar-refractivity contribution in [2.24, 2.45) is 0 Å². The first-order valence-electron chi connectivity index (χ1n) is 6.74. The zero-order chi connectivity index (χ0) is 15.4. The first-order valence-corrected chi connectivity index (χ1v) is 7.11. The molecule has 0 aromatic heterocycles. The number of nitro benzene ring substituents is 1. The molecule has 21 heavy (non-hydrogen) atoms. The van der Waals surface area contributed by atoms with Gasteiger partial charge in [0.25, 0.3) is 5.69 Å². The fourth-order valence-corrected chi connectivity index (χ4v) is 2.56. The summed E-state index contributed by atoms with van der Waals surface area (Å²) in [7, 11) is 0. The molecular weight excluding hydrogens is 288 g/mol. The molecule has 2 atom stereocenters. The Balaban J connectivity index is 2.18. The van der Waals surface area contributed by atoms with Gasteiger partial charge in [-0.2, -0.15) is 0 Å². The van der Waals surface area contributed by atoms with Gasteiger partial charge in [0.1, 0.15) is 0 Å². The summed E-state index contributed by atoms with van der Waals surface area (Å²) in [5.41, 5.74) is 1.86. The number of para-hydroxylation sites is 1. The third kappa shape index (κ3) is 3.80. The molecule has 2 aromatic rings. The van der Waals surface area contributed by atoms with Crippen molar-refractivity contribution in [2.45, 2.75) is 25.9 Å². The highest BCUT2D eigenvalue weighted by molar-refractivity contribution is 6.30. The van der Waals surface area contributed by atoms with Gasteiger partial charge >= 0.3 is 0 Å². The smallest absolute Gasteiger partial charge is 0.274 e. The van der Waals surface area contributed by atoms with E-state index in [4.69, 9.17) is 11.6 Å². The van der Waals surface area contributed by atoms with Crippen LogP contribution in [0.4, 0.5) is 5.69 Å². The molecule has 4 nitrogen and oxygen atoms in total. The quantitative estimate of drug-likeness (QED) is 0.645. The molecule has 0 aliphatic rings. The van der Waals surface area contributed by atoms with Gasteiger partial charge in [-0.3, -0.25) is 10.1 Å². The minimum absolute atomic E-state index is 0.0403. The molecular formula is C16H17ClN2O2. The third-order valence-electron chi connectivity index (χ3n) is 3.45. The van der Waals surface area contributed by atoms with Crippen LogP contribution in [0.3, 0.4) is 0 Å². The molecule has 2 unspecified atom stereocenters. The van der Waals surface area contributed by atoms with Gasteiger partial charge in [-0.15, -0.1) is 0 Å². The SMILES string of the molecule is CC(NC(C)c1ccccc1[N+](=O)[O-])c1cccc(Cl)c1. The summed E-state index contributed by atoms with van der Waals surface area (Å²) in [6.45, 7) is 3.93. The van der Waals surface area contributed by atoms with Gasteiger partial charge < -0.3 is 5.32 Å². The second kappa shape index (κ2) is 6.70. The maximum atomic E-state index is 11.1. The topological polar surface area (TPSA) is 55.2 Å². The number of nitrogens with one attached hydrogen (secondary N) is 1. The van der Waals surface area contributed by atoms with E-state index in [1.807, 2.05) is 44.2 Å². The van der Waals surface area contributed by atoms with Crippen LogP contribution in [-0.4, -0.2) is 4.92 Å². The van der Waals surface area contributed by atoms with Crippen molar-refractivity contribution in [3.63, 3.8) is 0 Å². The van der Waals surface area contributed by atoms with E-state index in [9.17, 15) is 10.1 Å². The molecule has 0 bridgehead atoms. The van der Waals surface area contributed by atoms with Crippen molar-refractivity contribution in [1.29, 1.82) is 0 Å². The minimum atomic E-state index is -0.350.